The summed E-state index contributed by atoms with van der Waals surface area (Å²) in [6.07, 6.45) is 6.72. The van der Waals surface area contributed by atoms with Crippen molar-refractivity contribution in [3.05, 3.63) is 15.8 Å². The predicted octanol–water partition coefficient (Wildman–Crippen LogP) is 2.89. The molecule has 1 saturated carbocycles. The Hall–Kier alpha value is -0.430. The second-order valence-electron chi connectivity index (χ2n) is 6.20. The Bertz CT molecular complexity index is 602. The van der Waals surface area contributed by atoms with Gasteiger partial charge in [0.15, 0.2) is 0 Å². The number of hydrogen-bond donors (Lipinski definition) is 1. The average Bonchev–Trinajstić information content (AvgIpc) is 3.18. The van der Waals surface area contributed by atoms with Crippen LogP contribution in [0.5, 0.6) is 0 Å². The number of aryl methyl sites for hydroxylation is 1. The van der Waals surface area contributed by atoms with Crippen molar-refractivity contribution in [2.24, 2.45) is 5.92 Å². The van der Waals surface area contributed by atoms with E-state index in [4.69, 9.17) is 0 Å². The highest BCUT2D eigenvalue weighted by Crippen LogP contribution is 2.39. The van der Waals surface area contributed by atoms with Crippen LogP contribution in [0.3, 0.4) is 0 Å². The maximum atomic E-state index is 13.1. The zero-order chi connectivity index (χ0) is 15.0. The summed E-state index contributed by atoms with van der Waals surface area (Å²) in [5.41, 5.74) is 0.765. The fraction of sp³-hybridized carbons (Fsp3) is 0.733. The fourth-order valence-electron chi connectivity index (χ4n) is 3.94. The van der Waals surface area contributed by atoms with E-state index < -0.39 is 10.0 Å². The fourth-order valence-corrected chi connectivity index (χ4v) is 7.31. The largest absolute Gasteiger partial charge is 0.391 e. The quantitative estimate of drug-likeness (QED) is 0.924. The number of hydrogen-bond acceptors (Lipinski definition) is 4. The maximum absolute atomic E-state index is 13.1. The molecular formula is C15H23NO3S2. The molecule has 1 aliphatic heterocycles. The van der Waals surface area contributed by atoms with Crippen molar-refractivity contribution >= 4 is 21.4 Å². The number of sulfonamides is 1. The van der Waals surface area contributed by atoms with Gasteiger partial charge in [0.1, 0.15) is 4.90 Å². The van der Waals surface area contributed by atoms with Gasteiger partial charge in [0.05, 0.1) is 11.5 Å². The van der Waals surface area contributed by atoms with Gasteiger partial charge in [-0.1, -0.05) is 12.8 Å². The van der Waals surface area contributed by atoms with Gasteiger partial charge < -0.3 is 5.11 Å². The van der Waals surface area contributed by atoms with Crippen LogP contribution in [-0.2, 0) is 16.6 Å². The third-order valence-corrected chi connectivity index (χ3v) is 8.27. The molecule has 0 radical (unpaired) electrons. The highest BCUT2D eigenvalue weighted by atomic mass is 32.2. The van der Waals surface area contributed by atoms with Gasteiger partial charge in [-0.2, -0.15) is 4.31 Å². The predicted molar refractivity (Wildman–Crippen MR) is 83.9 cm³/mol. The first kappa shape index (κ1) is 15.5. The number of rotatable bonds is 4. The van der Waals surface area contributed by atoms with Crippen LogP contribution in [-0.4, -0.2) is 30.4 Å². The molecule has 1 aromatic heterocycles. The van der Waals surface area contributed by atoms with Crippen molar-refractivity contribution in [3.63, 3.8) is 0 Å². The number of aliphatic hydroxyl groups is 1. The second kappa shape index (κ2) is 5.99. The first-order valence-corrected chi connectivity index (χ1v) is 10.1. The van der Waals surface area contributed by atoms with Crippen molar-refractivity contribution < 1.29 is 13.5 Å². The summed E-state index contributed by atoms with van der Waals surface area (Å²) in [7, 11) is -3.47. The zero-order valence-corrected chi connectivity index (χ0v) is 14.0. The molecule has 2 fully saturated rings. The summed E-state index contributed by atoms with van der Waals surface area (Å²) in [5, 5.41) is 11.3. The molecule has 4 nitrogen and oxygen atoms in total. The molecule has 118 valence electrons. The summed E-state index contributed by atoms with van der Waals surface area (Å²) in [4.78, 5) is 0.935. The van der Waals surface area contributed by atoms with Gasteiger partial charge in [0.25, 0.3) is 0 Å². The van der Waals surface area contributed by atoms with Crippen LogP contribution in [0.25, 0.3) is 0 Å². The van der Waals surface area contributed by atoms with Crippen molar-refractivity contribution in [2.75, 3.05) is 6.54 Å². The summed E-state index contributed by atoms with van der Waals surface area (Å²) in [6.45, 7) is 2.25. The standard InChI is InChI=1S/C15H23NO3S2/c1-11-10-20-14(9-17)15(11)21(18,19)16-8-4-7-13(16)12-5-2-3-6-12/h10,12-13,17H,2-9H2,1H3. The van der Waals surface area contributed by atoms with E-state index in [1.807, 2.05) is 12.3 Å². The SMILES string of the molecule is Cc1csc(CO)c1S(=O)(=O)N1CCCC1C1CCCC1. The molecule has 2 heterocycles. The van der Waals surface area contributed by atoms with E-state index in [9.17, 15) is 13.5 Å². The van der Waals surface area contributed by atoms with Crippen LogP contribution in [0, 0.1) is 12.8 Å². The molecule has 1 unspecified atom stereocenters. The Labute approximate surface area is 130 Å². The normalized spacial score (nSPS) is 25.0. The number of aliphatic hydroxyl groups excluding tert-OH is 1. The lowest BCUT2D eigenvalue weighted by Gasteiger charge is -2.29. The topological polar surface area (TPSA) is 57.6 Å². The van der Waals surface area contributed by atoms with E-state index in [0.717, 1.165) is 31.2 Å². The van der Waals surface area contributed by atoms with Gasteiger partial charge in [-0.05, 0) is 49.5 Å². The maximum Gasteiger partial charge on any atom is 0.244 e. The Morgan fingerprint density at radius 3 is 2.67 bits per heavy atom. The minimum Gasteiger partial charge on any atom is -0.391 e. The first-order chi connectivity index (χ1) is 10.1. The molecule has 21 heavy (non-hydrogen) atoms. The average molecular weight is 329 g/mol. The van der Waals surface area contributed by atoms with E-state index in [1.165, 1.54) is 24.2 Å². The van der Waals surface area contributed by atoms with Gasteiger partial charge in [-0.15, -0.1) is 11.3 Å². The van der Waals surface area contributed by atoms with E-state index in [2.05, 4.69) is 0 Å². The molecule has 1 atom stereocenters. The number of nitrogens with zero attached hydrogens (tertiary/aromatic N) is 1. The molecule has 1 N–H and O–H groups in total. The third-order valence-electron chi connectivity index (χ3n) is 4.89. The first-order valence-electron chi connectivity index (χ1n) is 7.75. The molecular weight excluding hydrogens is 306 g/mol. The van der Waals surface area contributed by atoms with E-state index >= 15 is 0 Å². The lowest BCUT2D eigenvalue weighted by atomic mass is 9.97. The molecule has 0 bridgehead atoms. The van der Waals surface area contributed by atoms with Crippen LogP contribution in [0.2, 0.25) is 0 Å². The van der Waals surface area contributed by atoms with Gasteiger partial charge in [-0.3, -0.25) is 0 Å². The summed E-state index contributed by atoms with van der Waals surface area (Å²) < 4.78 is 27.9. The second-order valence-corrected chi connectivity index (χ2v) is 8.99. The van der Waals surface area contributed by atoms with E-state index in [1.54, 1.807) is 4.31 Å². The molecule has 3 rings (SSSR count). The lowest BCUT2D eigenvalue weighted by Crippen LogP contribution is -2.39. The van der Waals surface area contributed by atoms with Crippen LogP contribution < -0.4 is 0 Å². The van der Waals surface area contributed by atoms with Crippen LogP contribution >= 0.6 is 11.3 Å². The molecule has 1 aromatic rings. The van der Waals surface area contributed by atoms with Crippen molar-refractivity contribution in [3.8, 4) is 0 Å². The highest BCUT2D eigenvalue weighted by Gasteiger charge is 2.41. The Balaban J connectivity index is 1.95. The molecule has 0 spiro atoms. The van der Waals surface area contributed by atoms with Gasteiger partial charge >= 0.3 is 0 Å². The molecule has 1 saturated heterocycles. The Morgan fingerprint density at radius 1 is 1.29 bits per heavy atom. The summed E-state index contributed by atoms with van der Waals surface area (Å²) in [5.74, 6) is 0.527. The molecule has 1 aliphatic carbocycles. The minimum absolute atomic E-state index is 0.170. The summed E-state index contributed by atoms with van der Waals surface area (Å²) >= 11 is 1.34. The van der Waals surface area contributed by atoms with Crippen LogP contribution in [0.4, 0.5) is 0 Å². The zero-order valence-electron chi connectivity index (χ0n) is 12.4. The minimum atomic E-state index is -3.47. The van der Waals surface area contributed by atoms with Gasteiger partial charge in [0, 0.05) is 12.6 Å². The third kappa shape index (κ3) is 2.67. The van der Waals surface area contributed by atoms with Crippen molar-refractivity contribution in [1.82, 2.24) is 4.31 Å². The Kier molecular flexibility index (Phi) is 4.41. The molecule has 6 heteroatoms. The van der Waals surface area contributed by atoms with Gasteiger partial charge in [0.2, 0.25) is 10.0 Å². The summed E-state index contributed by atoms with van der Waals surface area (Å²) in [6, 6.07) is 0.170. The smallest absolute Gasteiger partial charge is 0.244 e. The van der Waals surface area contributed by atoms with Crippen LogP contribution in [0.15, 0.2) is 10.3 Å². The molecule has 0 aromatic carbocycles. The van der Waals surface area contributed by atoms with Crippen molar-refractivity contribution in [1.29, 1.82) is 0 Å². The number of thiophene rings is 1. The Morgan fingerprint density at radius 2 is 2.00 bits per heavy atom. The van der Waals surface area contributed by atoms with Crippen molar-refractivity contribution in [2.45, 2.75) is 63.0 Å². The monoisotopic (exact) mass is 329 g/mol. The van der Waals surface area contributed by atoms with E-state index in [-0.39, 0.29) is 12.6 Å². The van der Waals surface area contributed by atoms with Gasteiger partial charge in [-0.25, -0.2) is 8.42 Å². The lowest BCUT2D eigenvalue weighted by molar-refractivity contribution is 0.277. The molecule has 0 amide bonds. The highest BCUT2D eigenvalue weighted by molar-refractivity contribution is 7.89. The molecule has 2 aliphatic rings. The van der Waals surface area contributed by atoms with E-state index in [0.29, 0.717) is 22.2 Å². The van der Waals surface area contributed by atoms with Crippen LogP contribution in [0.1, 0.15) is 49.0 Å².